The highest BCUT2D eigenvalue weighted by atomic mass is 16.6. The van der Waals surface area contributed by atoms with E-state index in [0.29, 0.717) is 37.8 Å². The van der Waals surface area contributed by atoms with Gasteiger partial charge in [0.1, 0.15) is 5.75 Å². The van der Waals surface area contributed by atoms with Crippen molar-refractivity contribution in [1.82, 2.24) is 4.90 Å². The summed E-state index contributed by atoms with van der Waals surface area (Å²) in [7, 11) is 0. The molecule has 1 aliphatic rings. The van der Waals surface area contributed by atoms with Crippen molar-refractivity contribution in [3.8, 4) is 5.75 Å². The van der Waals surface area contributed by atoms with Crippen LogP contribution in [0.3, 0.4) is 0 Å². The van der Waals surface area contributed by atoms with Crippen molar-refractivity contribution in [1.29, 1.82) is 0 Å². The van der Waals surface area contributed by atoms with E-state index < -0.39 is 4.92 Å². The summed E-state index contributed by atoms with van der Waals surface area (Å²) >= 11 is 0. The molecule has 0 saturated carbocycles. The van der Waals surface area contributed by atoms with Crippen molar-refractivity contribution in [2.75, 3.05) is 37.7 Å². The maximum atomic E-state index is 12.4. The maximum Gasteiger partial charge on any atom is 0.269 e. The van der Waals surface area contributed by atoms with Gasteiger partial charge in [-0.1, -0.05) is 26.0 Å². The molecule has 1 fully saturated rings. The van der Waals surface area contributed by atoms with Crippen molar-refractivity contribution in [2.24, 2.45) is 0 Å². The fourth-order valence-corrected chi connectivity index (χ4v) is 3.18. The molecule has 0 aliphatic carbocycles. The van der Waals surface area contributed by atoms with Gasteiger partial charge in [0, 0.05) is 44.0 Å². The van der Waals surface area contributed by atoms with E-state index in [1.54, 1.807) is 17.0 Å². The quantitative estimate of drug-likeness (QED) is 0.564. The van der Waals surface area contributed by atoms with E-state index in [1.807, 2.05) is 24.3 Å². The smallest absolute Gasteiger partial charge is 0.269 e. The first kappa shape index (κ1) is 19.7. The van der Waals surface area contributed by atoms with Crippen LogP contribution in [-0.4, -0.2) is 48.5 Å². The van der Waals surface area contributed by atoms with Crippen molar-refractivity contribution < 1.29 is 14.5 Å². The van der Waals surface area contributed by atoms with E-state index >= 15 is 0 Å². The summed E-state index contributed by atoms with van der Waals surface area (Å²) < 4.78 is 5.63. The highest BCUT2D eigenvalue weighted by Crippen LogP contribution is 2.21. The van der Waals surface area contributed by atoms with Crippen molar-refractivity contribution in [3.63, 3.8) is 0 Å². The molecule has 1 aliphatic heterocycles. The second kappa shape index (κ2) is 8.73. The lowest BCUT2D eigenvalue weighted by molar-refractivity contribution is -0.384. The molecule has 2 aromatic rings. The van der Waals surface area contributed by atoms with Gasteiger partial charge >= 0.3 is 0 Å². The standard InChI is InChI=1S/C21H25N3O4/c1-16(2)17-3-9-20(10-4-17)28-15-21(25)23-13-11-22(12-14-23)18-5-7-19(8-6-18)24(26)27/h3-10,16H,11-15H2,1-2H3. The molecule has 3 rings (SSSR count). The van der Waals surface area contributed by atoms with Gasteiger partial charge in [-0.15, -0.1) is 0 Å². The first-order valence-corrected chi connectivity index (χ1v) is 9.44. The largest absolute Gasteiger partial charge is 0.484 e. The van der Waals surface area contributed by atoms with Gasteiger partial charge < -0.3 is 14.5 Å². The van der Waals surface area contributed by atoms with Crippen LogP contribution in [0.4, 0.5) is 11.4 Å². The van der Waals surface area contributed by atoms with E-state index in [-0.39, 0.29) is 18.2 Å². The van der Waals surface area contributed by atoms with Crippen LogP contribution in [0.5, 0.6) is 5.75 Å². The van der Waals surface area contributed by atoms with Crippen LogP contribution < -0.4 is 9.64 Å². The molecule has 28 heavy (non-hydrogen) atoms. The number of non-ortho nitro benzene ring substituents is 1. The molecule has 1 saturated heterocycles. The predicted octanol–water partition coefficient (Wildman–Crippen LogP) is 3.45. The SMILES string of the molecule is CC(C)c1ccc(OCC(=O)N2CCN(c3ccc([N+](=O)[O-])cc3)CC2)cc1. The summed E-state index contributed by atoms with van der Waals surface area (Å²) in [6, 6.07) is 14.3. The summed E-state index contributed by atoms with van der Waals surface area (Å²) in [6.45, 7) is 6.88. The van der Waals surface area contributed by atoms with Gasteiger partial charge in [-0.2, -0.15) is 0 Å². The monoisotopic (exact) mass is 383 g/mol. The van der Waals surface area contributed by atoms with Crippen molar-refractivity contribution >= 4 is 17.3 Å². The number of ether oxygens (including phenoxy) is 1. The Hall–Kier alpha value is -3.09. The van der Waals surface area contributed by atoms with Gasteiger partial charge in [0.15, 0.2) is 6.61 Å². The van der Waals surface area contributed by atoms with E-state index in [9.17, 15) is 14.9 Å². The minimum Gasteiger partial charge on any atom is -0.484 e. The number of nitrogens with zero attached hydrogens (tertiary/aromatic N) is 3. The lowest BCUT2D eigenvalue weighted by Crippen LogP contribution is -2.50. The zero-order chi connectivity index (χ0) is 20.1. The molecule has 2 aromatic carbocycles. The predicted molar refractivity (Wildman–Crippen MR) is 108 cm³/mol. The summed E-state index contributed by atoms with van der Waals surface area (Å²) in [5.41, 5.74) is 2.25. The first-order chi connectivity index (χ1) is 13.4. The Morgan fingerprint density at radius 1 is 1.04 bits per heavy atom. The molecule has 0 atom stereocenters. The molecular weight excluding hydrogens is 358 g/mol. The van der Waals surface area contributed by atoms with Gasteiger partial charge in [-0.3, -0.25) is 14.9 Å². The molecule has 0 radical (unpaired) electrons. The molecule has 7 heteroatoms. The van der Waals surface area contributed by atoms with E-state index in [4.69, 9.17) is 4.74 Å². The number of nitro groups is 1. The average Bonchev–Trinajstić information content (AvgIpc) is 2.72. The molecule has 0 spiro atoms. The molecule has 1 heterocycles. The Morgan fingerprint density at radius 3 is 2.18 bits per heavy atom. The van der Waals surface area contributed by atoms with Crippen LogP contribution in [0.2, 0.25) is 0 Å². The Bertz CT molecular complexity index is 811. The summed E-state index contributed by atoms with van der Waals surface area (Å²) in [5, 5.41) is 10.8. The molecule has 1 amide bonds. The Morgan fingerprint density at radius 2 is 1.64 bits per heavy atom. The summed E-state index contributed by atoms with van der Waals surface area (Å²) in [6.07, 6.45) is 0. The molecule has 0 bridgehead atoms. The van der Waals surface area contributed by atoms with E-state index in [0.717, 1.165) is 5.69 Å². The highest BCUT2D eigenvalue weighted by Gasteiger charge is 2.22. The van der Waals surface area contributed by atoms with Gasteiger partial charge in [0.05, 0.1) is 4.92 Å². The van der Waals surface area contributed by atoms with Crippen LogP contribution in [0.1, 0.15) is 25.3 Å². The molecule has 0 unspecified atom stereocenters. The molecular formula is C21H25N3O4. The number of amides is 1. The summed E-state index contributed by atoms with van der Waals surface area (Å²) in [4.78, 5) is 26.7. The van der Waals surface area contributed by atoms with Gasteiger partial charge in [0.2, 0.25) is 0 Å². The van der Waals surface area contributed by atoms with E-state index in [1.165, 1.54) is 17.7 Å². The second-order valence-corrected chi connectivity index (χ2v) is 7.15. The van der Waals surface area contributed by atoms with Crippen LogP contribution >= 0.6 is 0 Å². The fourth-order valence-electron chi connectivity index (χ4n) is 3.18. The Labute approximate surface area is 164 Å². The third-order valence-electron chi connectivity index (χ3n) is 4.97. The molecule has 7 nitrogen and oxygen atoms in total. The number of rotatable bonds is 6. The van der Waals surface area contributed by atoms with Gasteiger partial charge in [-0.05, 0) is 35.7 Å². The van der Waals surface area contributed by atoms with E-state index in [2.05, 4.69) is 18.7 Å². The van der Waals surface area contributed by atoms with Gasteiger partial charge in [0.25, 0.3) is 11.6 Å². The number of hydrogen-bond donors (Lipinski definition) is 0. The zero-order valence-corrected chi connectivity index (χ0v) is 16.2. The minimum atomic E-state index is -0.406. The Balaban J connectivity index is 1.47. The number of carbonyl (C=O) groups excluding carboxylic acids is 1. The average molecular weight is 383 g/mol. The lowest BCUT2D eigenvalue weighted by Gasteiger charge is -2.36. The summed E-state index contributed by atoms with van der Waals surface area (Å²) in [5.74, 6) is 1.13. The number of benzene rings is 2. The third-order valence-corrected chi connectivity index (χ3v) is 4.97. The molecule has 0 N–H and O–H groups in total. The number of anilines is 1. The zero-order valence-electron chi connectivity index (χ0n) is 16.2. The fraction of sp³-hybridized carbons (Fsp3) is 0.381. The van der Waals surface area contributed by atoms with Crippen LogP contribution in [0.15, 0.2) is 48.5 Å². The lowest BCUT2D eigenvalue weighted by atomic mass is 10.0. The number of nitro benzene ring substituents is 1. The number of carbonyl (C=O) groups is 1. The maximum absolute atomic E-state index is 12.4. The topological polar surface area (TPSA) is 75.9 Å². The second-order valence-electron chi connectivity index (χ2n) is 7.15. The van der Waals surface area contributed by atoms with Crippen LogP contribution in [-0.2, 0) is 4.79 Å². The number of hydrogen-bond acceptors (Lipinski definition) is 5. The highest BCUT2D eigenvalue weighted by molar-refractivity contribution is 5.78. The van der Waals surface area contributed by atoms with Crippen molar-refractivity contribution in [3.05, 3.63) is 64.2 Å². The van der Waals surface area contributed by atoms with Crippen LogP contribution in [0.25, 0.3) is 0 Å². The van der Waals surface area contributed by atoms with Crippen molar-refractivity contribution in [2.45, 2.75) is 19.8 Å². The number of piperazine rings is 1. The normalized spacial score (nSPS) is 14.2. The molecule has 0 aromatic heterocycles. The Kier molecular flexibility index (Phi) is 6.13. The third kappa shape index (κ3) is 4.79. The minimum absolute atomic E-state index is 0.0263. The molecule has 148 valence electrons. The van der Waals surface area contributed by atoms with Crippen LogP contribution in [0, 0.1) is 10.1 Å². The first-order valence-electron chi connectivity index (χ1n) is 9.44. The van der Waals surface area contributed by atoms with Gasteiger partial charge in [-0.25, -0.2) is 0 Å².